The van der Waals surface area contributed by atoms with Crippen molar-refractivity contribution in [1.82, 2.24) is 5.32 Å². The van der Waals surface area contributed by atoms with Gasteiger partial charge in [-0.15, -0.1) is 0 Å². The highest BCUT2D eigenvalue weighted by molar-refractivity contribution is 8.13. The zero-order chi connectivity index (χ0) is 15.5. The Morgan fingerprint density at radius 2 is 2.19 bits per heavy atom. The minimum Gasteiger partial charge on any atom is -0.381 e. The summed E-state index contributed by atoms with van der Waals surface area (Å²) in [5.74, 6) is -1.16. The maximum atomic E-state index is 13.4. The van der Waals surface area contributed by atoms with Gasteiger partial charge >= 0.3 is 0 Å². The molecule has 5 nitrogen and oxygen atoms in total. The van der Waals surface area contributed by atoms with Gasteiger partial charge in [0.25, 0.3) is 15.0 Å². The Hall–Kier alpha value is -1.18. The molecule has 1 aromatic carbocycles. The Morgan fingerprint density at radius 3 is 2.81 bits per heavy atom. The molecule has 116 valence electrons. The lowest BCUT2D eigenvalue weighted by Crippen LogP contribution is -2.33. The fourth-order valence-corrected chi connectivity index (χ4v) is 2.93. The summed E-state index contributed by atoms with van der Waals surface area (Å²) < 4.78 is 41.1. The van der Waals surface area contributed by atoms with Crippen LogP contribution >= 0.6 is 10.7 Å². The third-order valence-corrected chi connectivity index (χ3v) is 4.55. The standard InChI is InChI=1S/C13H15ClFNO4S/c14-21(18,19)12-5-10(4-11(15)6-12)13(17)16-7-9-2-1-3-20-8-9/h4-6,9H,1-3,7-8H2,(H,16,17). The highest BCUT2D eigenvalue weighted by atomic mass is 35.7. The van der Waals surface area contributed by atoms with E-state index in [9.17, 15) is 17.6 Å². The molecule has 2 rings (SSSR count). The predicted molar refractivity (Wildman–Crippen MR) is 75.3 cm³/mol. The lowest BCUT2D eigenvalue weighted by atomic mass is 10.0. The molecule has 0 bridgehead atoms. The first-order valence-electron chi connectivity index (χ1n) is 6.47. The SMILES string of the molecule is O=C(NCC1CCCOC1)c1cc(F)cc(S(=O)(=O)Cl)c1. The number of ether oxygens (including phenoxy) is 1. The molecule has 8 heteroatoms. The first-order valence-corrected chi connectivity index (χ1v) is 8.78. The normalized spacial score (nSPS) is 19.2. The summed E-state index contributed by atoms with van der Waals surface area (Å²) in [6.07, 6.45) is 1.89. The summed E-state index contributed by atoms with van der Waals surface area (Å²) in [5.41, 5.74) is -0.0778. The third-order valence-electron chi connectivity index (χ3n) is 3.22. The van der Waals surface area contributed by atoms with Crippen molar-refractivity contribution in [3.8, 4) is 0 Å². The van der Waals surface area contributed by atoms with Gasteiger partial charge in [0, 0.05) is 29.4 Å². The van der Waals surface area contributed by atoms with E-state index in [1.54, 1.807) is 0 Å². The van der Waals surface area contributed by atoms with Crippen LogP contribution in [-0.2, 0) is 13.8 Å². The van der Waals surface area contributed by atoms with Crippen LogP contribution in [0, 0.1) is 11.7 Å². The number of hydrogen-bond acceptors (Lipinski definition) is 4. The highest BCUT2D eigenvalue weighted by Gasteiger charge is 2.18. The van der Waals surface area contributed by atoms with Crippen molar-refractivity contribution < 1.29 is 22.3 Å². The van der Waals surface area contributed by atoms with Gasteiger partial charge in [-0.2, -0.15) is 0 Å². The number of nitrogens with one attached hydrogen (secondary N) is 1. The van der Waals surface area contributed by atoms with Gasteiger partial charge in [-0.25, -0.2) is 12.8 Å². The average molecular weight is 336 g/mol. The fraction of sp³-hybridized carbons (Fsp3) is 0.462. The van der Waals surface area contributed by atoms with Gasteiger partial charge in [0.2, 0.25) is 0 Å². The van der Waals surface area contributed by atoms with Crippen LogP contribution in [0.2, 0.25) is 0 Å². The molecule has 1 N–H and O–H groups in total. The molecule has 21 heavy (non-hydrogen) atoms. The van der Waals surface area contributed by atoms with Crippen LogP contribution < -0.4 is 5.32 Å². The van der Waals surface area contributed by atoms with E-state index in [-0.39, 0.29) is 11.5 Å². The van der Waals surface area contributed by atoms with E-state index in [2.05, 4.69) is 5.32 Å². The number of benzene rings is 1. The largest absolute Gasteiger partial charge is 0.381 e. The van der Waals surface area contributed by atoms with E-state index in [1.807, 2.05) is 0 Å². The predicted octanol–water partition coefficient (Wildman–Crippen LogP) is 1.91. The van der Waals surface area contributed by atoms with Crippen LogP contribution in [0.1, 0.15) is 23.2 Å². The van der Waals surface area contributed by atoms with Crippen LogP contribution in [0.3, 0.4) is 0 Å². The summed E-state index contributed by atoms with van der Waals surface area (Å²) in [5, 5.41) is 2.65. The second kappa shape index (κ2) is 6.72. The number of carbonyl (C=O) groups excluding carboxylic acids is 1. The zero-order valence-electron chi connectivity index (χ0n) is 11.1. The van der Waals surface area contributed by atoms with Gasteiger partial charge in [-0.1, -0.05) is 0 Å². The first kappa shape index (κ1) is 16.2. The first-order chi connectivity index (χ1) is 9.86. The molecule has 0 aromatic heterocycles. The van der Waals surface area contributed by atoms with E-state index in [4.69, 9.17) is 15.4 Å². The maximum Gasteiger partial charge on any atom is 0.261 e. The molecule has 1 aliphatic heterocycles. The van der Waals surface area contributed by atoms with Crippen molar-refractivity contribution in [2.24, 2.45) is 5.92 Å². The van der Waals surface area contributed by atoms with E-state index in [0.717, 1.165) is 37.6 Å². The Bertz CT molecular complexity index is 629. The van der Waals surface area contributed by atoms with Gasteiger partial charge in [0.05, 0.1) is 11.5 Å². The van der Waals surface area contributed by atoms with Gasteiger partial charge in [-0.05, 0) is 37.0 Å². The van der Waals surface area contributed by atoms with Crippen molar-refractivity contribution in [2.75, 3.05) is 19.8 Å². The third kappa shape index (κ3) is 4.66. The average Bonchev–Trinajstić information content (AvgIpc) is 2.44. The molecule has 1 unspecified atom stereocenters. The summed E-state index contributed by atoms with van der Waals surface area (Å²) in [6, 6.07) is 2.80. The van der Waals surface area contributed by atoms with E-state index >= 15 is 0 Å². The van der Waals surface area contributed by atoms with Crippen molar-refractivity contribution in [1.29, 1.82) is 0 Å². The van der Waals surface area contributed by atoms with Crippen LogP contribution in [-0.4, -0.2) is 34.1 Å². The van der Waals surface area contributed by atoms with E-state index in [0.29, 0.717) is 13.2 Å². The van der Waals surface area contributed by atoms with Crippen molar-refractivity contribution >= 4 is 25.6 Å². The second-order valence-corrected chi connectivity index (χ2v) is 7.47. The Labute approximate surface area is 126 Å². The van der Waals surface area contributed by atoms with E-state index in [1.165, 1.54) is 0 Å². The van der Waals surface area contributed by atoms with Crippen LogP contribution in [0.25, 0.3) is 0 Å². The number of carbonyl (C=O) groups is 1. The zero-order valence-corrected chi connectivity index (χ0v) is 12.7. The second-order valence-electron chi connectivity index (χ2n) is 4.91. The number of rotatable bonds is 4. The number of hydrogen-bond donors (Lipinski definition) is 1. The molecular formula is C13H15ClFNO4S. The van der Waals surface area contributed by atoms with Crippen molar-refractivity contribution in [3.05, 3.63) is 29.6 Å². The molecule has 0 spiro atoms. The summed E-state index contributed by atoms with van der Waals surface area (Å²) in [6.45, 7) is 1.70. The molecule has 0 saturated carbocycles. The minimum atomic E-state index is -4.08. The molecule has 1 saturated heterocycles. The number of halogens is 2. The molecule has 1 amide bonds. The van der Waals surface area contributed by atoms with Gasteiger partial charge in [0.15, 0.2) is 0 Å². The van der Waals surface area contributed by atoms with E-state index < -0.39 is 25.7 Å². The summed E-state index contributed by atoms with van der Waals surface area (Å²) >= 11 is 0. The minimum absolute atomic E-state index is 0.0778. The molecule has 1 aromatic rings. The molecule has 1 atom stereocenters. The Kier molecular flexibility index (Phi) is 5.18. The molecule has 1 fully saturated rings. The Balaban J connectivity index is 2.06. The van der Waals surface area contributed by atoms with Crippen LogP contribution in [0.15, 0.2) is 23.1 Å². The molecular weight excluding hydrogens is 321 g/mol. The van der Waals surface area contributed by atoms with Crippen molar-refractivity contribution in [3.63, 3.8) is 0 Å². The lowest BCUT2D eigenvalue weighted by molar-refractivity contribution is 0.0536. The smallest absolute Gasteiger partial charge is 0.261 e. The molecule has 0 radical (unpaired) electrons. The lowest BCUT2D eigenvalue weighted by Gasteiger charge is -2.22. The fourth-order valence-electron chi connectivity index (χ4n) is 2.14. The van der Waals surface area contributed by atoms with Crippen molar-refractivity contribution in [2.45, 2.75) is 17.7 Å². The molecule has 1 heterocycles. The highest BCUT2D eigenvalue weighted by Crippen LogP contribution is 2.19. The maximum absolute atomic E-state index is 13.4. The quantitative estimate of drug-likeness (QED) is 0.853. The van der Waals surface area contributed by atoms with Crippen LogP contribution in [0.5, 0.6) is 0 Å². The van der Waals surface area contributed by atoms with Crippen LogP contribution in [0.4, 0.5) is 4.39 Å². The summed E-state index contributed by atoms with van der Waals surface area (Å²) in [4.78, 5) is 11.5. The Morgan fingerprint density at radius 1 is 1.43 bits per heavy atom. The molecule has 0 aliphatic carbocycles. The topological polar surface area (TPSA) is 72.5 Å². The van der Waals surface area contributed by atoms with Gasteiger partial charge < -0.3 is 10.1 Å². The molecule has 1 aliphatic rings. The summed E-state index contributed by atoms with van der Waals surface area (Å²) in [7, 11) is 1.08. The number of amides is 1. The van der Waals surface area contributed by atoms with Gasteiger partial charge in [-0.3, -0.25) is 4.79 Å². The monoisotopic (exact) mass is 335 g/mol. The van der Waals surface area contributed by atoms with Gasteiger partial charge in [0.1, 0.15) is 5.82 Å².